The fourth-order valence-electron chi connectivity index (χ4n) is 2.34. The molecular formula is C15H21NO4. The molecular weight excluding hydrogens is 258 g/mol. The van der Waals surface area contributed by atoms with Crippen molar-refractivity contribution in [2.24, 2.45) is 0 Å². The molecule has 20 heavy (non-hydrogen) atoms. The maximum absolute atomic E-state index is 12.4. The van der Waals surface area contributed by atoms with Gasteiger partial charge in [0.05, 0.1) is 19.8 Å². The van der Waals surface area contributed by atoms with Crippen molar-refractivity contribution in [3.8, 4) is 11.5 Å². The zero-order valence-corrected chi connectivity index (χ0v) is 12.2. The molecule has 0 aromatic heterocycles. The number of nitrogens with zero attached hydrogens (tertiary/aromatic N) is 1. The Labute approximate surface area is 119 Å². The SMILES string of the molecule is COc1ccc(C(=O)N2CCC(C)(O)CC2)cc1OC. The average molecular weight is 279 g/mol. The third kappa shape index (κ3) is 3.04. The lowest BCUT2D eigenvalue weighted by Gasteiger charge is -2.35. The number of hydrogen-bond donors (Lipinski definition) is 1. The highest BCUT2D eigenvalue weighted by molar-refractivity contribution is 5.95. The molecule has 1 aliphatic rings. The van der Waals surface area contributed by atoms with Gasteiger partial charge in [-0.25, -0.2) is 0 Å². The molecule has 0 bridgehead atoms. The molecule has 1 amide bonds. The molecule has 110 valence electrons. The zero-order chi connectivity index (χ0) is 14.8. The molecule has 0 spiro atoms. The summed E-state index contributed by atoms with van der Waals surface area (Å²) >= 11 is 0. The molecule has 2 rings (SSSR count). The first-order valence-corrected chi connectivity index (χ1v) is 6.70. The van der Waals surface area contributed by atoms with Crippen LogP contribution in [0, 0.1) is 0 Å². The number of piperidine rings is 1. The van der Waals surface area contributed by atoms with Crippen molar-refractivity contribution in [1.82, 2.24) is 4.90 Å². The van der Waals surface area contributed by atoms with E-state index < -0.39 is 5.60 Å². The van der Waals surface area contributed by atoms with Crippen LogP contribution < -0.4 is 9.47 Å². The number of rotatable bonds is 3. The molecule has 0 aliphatic carbocycles. The summed E-state index contributed by atoms with van der Waals surface area (Å²) in [6.07, 6.45) is 1.21. The second-order valence-electron chi connectivity index (χ2n) is 5.36. The zero-order valence-electron chi connectivity index (χ0n) is 12.2. The molecule has 5 heteroatoms. The normalized spacial score (nSPS) is 17.7. The van der Waals surface area contributed by atoms with Crippen molar-refractivity contribution < 1.29 is 19.4 Å². The van der Waals surface area contributed by atoms with E-state index in [-0.39, 0.29) is 5.91 Å². The molecule has 1 heterocycles. The first kappa shape index (κ1) is 14.7. The van der Waals surface area contributed by atoms with E-state index in [1.54, 1.807) is 37.3 Å². The number of amides is 1. The predicted molar refractivity (Wildman–Crippen MR) is 75.3 cm³/mol. The van der Waals surface area contributed by atoms with Gasteiger partial charge in [0.1, 0.15) is 0 Å². The lowest BCUT2D eigenvalue weighted by molar-refractivity contribution is -0.00203. The Morgan fingerprint density at radius 2 is 1.80 bits per heavy atom. The minimum absolute atomic E-state index is 0.0403. The highest BCUT2D eigenvalue weighted by Gasteiger charge is 2.30. The highest BCUT2D eigenvalue weighted by atomic mass is 16.5. The summed E-state index contributed by atoms with van der Waals surface area (Å²) in [5.74, 6) is 1.11. The first-order chi connectivity index (χ1) is 9.46. The minimum atomic E-state index is -0.658. The molecule has 1 aromatic carbocycles. The van der Waals surface area contributed by atoms with Gasteiger partial charge in [-0.3, -0.25) is 4.79 Å². The number of carbonyl (C=O) groups is 1. The summed E-state index contributed by atoms with van der Waals surface area (Å²) in [7, 11) is 3.11. The van der Waals surface area contributed by atoms with Crippen LogP contribution in [-0.2, 0) is 0 Å². The van der Waals surface area contributed by atoms with E-state index in [9.17, 15) is 9.90 Å². The van der Waals surface area contributed by atoms with Gasteiger partial charge in [-0.15, -0.1) is 0 Å². The Hall–Kier alpha value is -1.75. The van der Waals surface area contributed by atoms with Crippen molar-refractivity contribution in [2.75, 3.05) is 27.3 Å². The van der Waals surface area contributed by atoms with Gasteiger partial charge in [0.2, 0.25) is 0 Å². The lowest BCUT2D eigenvalue weighted by atomic mass is 9.93. The Morgan fingerprint density at radius 1 is 1.20 bits per heavy atom. The van der Waals surface area contributed by atoms with E-state index in [1.165, 1.54) is 0 Å². The van der Waals surface area contributed by atoms with E-state index >= 15 is 0 Å². The predicted octanol–water partition coefficient (Wildman–Crippen LogP) is 1.69. The standard InChI is InChI=1S/C15H21NO4/c1-15(18)6-8-16(9-7-15)14(17)11-4-5-12(19-2)13(10-11)20-3/h4-5,10,18H,6-9H2,1-3H3. The maximum atomic E-state index is 12.4. The van der Waals surface area contributed by atoms with Crippen LogP contribution in [0.15, 0.2) is 18.2 Å². The van der Waals surface area contributed by atoms with Gasteiger partial charge in [0, 0.05) is 18.7 Å². The number of hydrogen-bond acceptors (Lipinski definition) is 4. The second-order valence-corrected chi connectivity index (χ2v) is 5.36. The molecule has 0 saturated carbocycles. The van der Waals surface area contributed by atoms with E-state index in [0.29, 0.717) is 43.0 Å². The van der Waals surface area contributed by atoms with Gasteiger partial charge in [0.25, 0.3) is 5.91 Å². The number of ether oxygens (including phenoxy) is 2. The van der Waals surface area contributed by atoms with Crippen LogP contribution in [-0.4, -0.2) is 48.8 Å². The minimum Gasteiger partial charge on any atom is -0.493 e. The Morgan fingerprint density at radius 3 is 2.35 bits per heavy atom. The van der Waals surface area contributed by atoms with E-state index in [4.69, 9.17) is 9.47 Å². The molecule has 5 nitrogen and oxygen atoms in total. The van der Waals surface area contributed by atoms with Crippen LogP contribution in [0.2, 0.25) is 0 Å². The topological polar surface area (TPSA) is 59.0 Å². The van der Waals surface area contributed by atoms with Crippen molar-refractivity contribution in [2.45, 2.75) is 25.4 Å². The third-order valence-corrected chi connectivity index (χ3v) is 3.76. The van der Waals surface area contributed by atoms with Crippen molar-refractivity contribution in [3.63, 3.8) is 0 Å². The summed E-state index contributed by atoms with van der Waals surface area (Å²) < 4.78 is 10.4. The van der Waals surface area contributed by atoms with Crippen molar-refractivity contribution in [1.29, 1.82) is 0 Å². The quantitative estimate of drug-likeness (QED) is 0.914. The van der Waals surface area contributed by atoms with Gasteiger partial charge in [0.15, 0.2) is 11.5 Å². The second kappa shape index (κ2) is 5.71. The molecule has 0 radical (unpaired) electrons. The van der Waals surface area contributed by atoms with Gasteiger partial charge < -0.3 is 19.5 Å². The van der Waals surface area contributed by atoms with Crippen LogP contribution >= 0.6 is 0 Å². The molecule has 0 atom stereocenters. The van der Waals surface area contributed by atoms with Crippen LogP contribution in [0.4, 0.5) is 0 Å². The Balaban J connectivity index is 2.14. The lowest BCUT2D eigenvalue weighted by Crippen LogP contribution is -2.45. The van der Waals surface area contributed by atoms with E-state index in [1.807, 2.05) is 6.92 Å². The van der Waals surface area contributed by atoms with Gasteiger partial charge >= 0.3 is 0 Å². The largest absolute Gasteiger partial charge is 0.493 e. The number of benzene rings is 1. The number of likely N-dealkylation sites (tertiary alicyclic amines) is 1. The average Bonchev–Trinajstić information content (AvgIpc) is 2.45. The molecule has 1 aliphatic heterocycles. The van der Waals surface area contributed by atoms with Crippen molar-refractivity contribution in [3.05, 3.63) is 23.8 Å². The van der Waals surface area contributed by atoms with Crippen molar-refractivity contribution >= 4 is 5.91 Å². The molecule has 1 saturated heterocycles. The molecule has 1 N–H and O–H groups in total. The summed E-state index contributed by atoms with van der Waals surface area (Å²) in [5, 5.41) is 9.92. The summed E-state index contributed by atoms with van der Waals surface area (Å²) in [4.78, 5) is 14.2. The number of methoxy groups -OCH3 is 2. The molecule has 1 aromatic rings. The highest BCUT2D eigenvalue weighted by Crippen LogP contribution is 2.29. The smallest absolute Gasteiger partial charge is 0.253 e. The Kier molecular flexibility index (Phi) is 4.18. The summed E-state index contributed by atoms with van der Waals surface area (Å²) in [6, 6.07) is 5.15. The maximum Gasteiger partial charge on any atom is 0.253 e. The van der Waals surface area contributed by atoms with Gasteiger partial charge in [-0.2, -0.15) is 0 Å². The van der Waals surface area contributed by atoms with Crippen LogP contribution in [0.5, 0.6) is 11.5 Å². The van der Waals surface area contributed by atoms with E-state index in [0.717, 1.165) is 0 Å². The van der Waals surface area contributed by atoms with Crippen LogP contribution in [0.1, 0.15) is 30.1 Å². The summed E-state index contributed by atoms with van der Waals surface area (Å²) in [5.41, 5.74) is -0.0850. The molecule has 1 fully saturated rings. The fourth-order valence-corrected chi connectivity index (χ4v) is 2.34. The first-order valence-electron chi connectivity index (χ1n) is 6.70. The molecule has 0 unspecified atom stereocenters. The number of aliphatic hydroxyl groups is 1. The monoisotopic (exact) mass is 279 g/mol. The van der Waals surface area contributed by atoms with Gasteiger partial charge in [-0.05, 0) is 38.0 Å². The van der Waals surface area contributed by atoms with Crippen LogP contribution in [0.3, 0.4) is 0 Å². The third-order valence-electron chi connectivity index (χ3n) is 3.76. The fraction of sp³-hybridized carbons (Fsp3) is 0.533. The number of carbonyl (C=O) groups excluding carboxylic acids is 1. The summed E-state index contributed by atoms with van der Waals surface area (Å²) in [6.45, 7) is 2.95. The Bertz CT molecular complexity index is 489. The van der Waals surface area contributed by atoms with Crippen LogP contribution in [0.25, 0.3) is 0 Å². The van der Waals surface area contributed by atoms with Gasteiger partial charge in [-0.1, -0.05) is 0 Å². The van der Waals surface area contributed by atoms with E-state index in [2.05, 4.69) is 0 Å².